The SMILES string of the molecule is O=C(Oc1cccc(-c2nnco2)c1)N(c1ccccc1)c1ccccc1. The smallest absolute Gasteiger partial charge is 0.423 e. The van der Waals surface area contributed by atoms with Crippen molar-refractivity contribution in [3.8, 4) is 17.2 Å². The summed E-state index contributed by atoms with van der Waals surface area (Å²) in [5.41, 5.74) is 2.09. The fraction of sp³-hybridized carbons (Fsp3) is 0. The molecule has 0 radical (unpaired) electrons. The number of carbonyl (C=O) groups excluding carboxylic acids is 1. The van der Waals surface area contributed by atoms with Crippen molar-refractivity contribution in [1.29, 1.82) is 0 Å². The average molecular weight is 357 g/mol. The summed E-state index contributed by atoms with van der Waals surface area (Å²) >= 11 is 0. The van der Waals surface area contributed by atoms with Crippen molar-refractivity contribution in [1.82, 2.24) is 10.2 Å². The van der Waals surface area contributed by atoms with Crippen LogP contribution in [0.25, 0.3) is 11.5 Å². The Morgan fingerprint density at radius 1 is 0.852 bits per heavy atom. The standard InChI is InChI=1S/C21H15N3O3/c25-21(27-19-13-7-8-16(14-19)20-23-22-15-26-20)24(17-9-3-1-4-10-17)18-11-5-2-6-12-18/h1-15H. The Balaban J connectivity index is 1.64. The van der Waals surface area contributed by atoms with Gasteiger partial charge in [-0.2, -0.15) is 0 Å². The lowest BCUT2D eigenvalue weighted by atomic mass is 10.2. The molecule has 27 heavy (non-hydrogen) atoms. The summed E-state index contributed by atoms with van der Waals surface area (Å²) in [5.74, 6) is 0.739. The summed E-state index contributed by atoms with van der Waals surface area (Å²) in [5, 5.41) is 7.53. The number of carbonyl (C=O) groups is 1. The van der Waals surface area contributed by atoms with Gasteiger partial charge in [0.15, 0.2) is 0 Å². The van der Waals surface area contributed by atoms with Gasteiger partial charge in [-0.3, -0.25) is 0 Å². The van der Waals surface area contributed by atoms with Crippen LogP contribution >= 0.6 is 0 Å². The molecule has 0 bridgehead atoms. The molecule has 6 nitrogen and oxygen atoms in total. The molecule has 0 aliphatic carbocycles. The maximum Gasteiger partial charge on any atom is 0.424 e. The first kappa shape index (κ1) is 16.5. The highest BCUT2D eigenvalue weighted by Crippen LogP contribution is 2.28. The number of nitrogens with zero attached hydrogens (tertiary/aromatic N) is 3. The Kier molecular flexibility index (Phi) is 4.61. The van der Waals surface area contributed by atoms with E-state index in [4.69, 9.17) is 9.15 Å². The lowest BCUT2D eigenvalue weighted by Gasteiger charge is -2.22. The number of ether oxygens (including phenoxy) is 1. The first-order valence-electron chi connectivity index (χ1n) is 8.30. The van der Waals surface area contributed by atoms with E-state index >= 15 is 0 Å². The minimum atomic E-state index is -0.518. The molecule has 6 heteroatoms. The van der Waals surface area contributed by atoms with Gasteiger partial charge in [0.1, 0.15) is 5.75 Å². The highest BCUT2D eigenvalue weighted by atomic mass is 16.6. The fourth-order valence-corrected chi connectivity index (χ4v) is 2.65. The van der Waals surface area contributed by atoms with Crippen LogP contribution in [0.1, 0.15) is 0 Å². The Labute approximate surface area is 155 Å². The molecule has 4 aromatic rings. The highest BCUT2D eigenvalue weighted by molar-refractivity contribution is 5.97. The number of benzene rings is 3. The van der Waals surface area contributed by atoms with Crippen molar-refractivity contribution in [3.63, 3.8) is 0 Å². The molecular weight excluding hydrogens is 342 g/mol. The van der Waals surface area contributed by atoms with E-state index in [0.29, 0.717) is 28.6 Å². The van der Waals surface area contributed by atoms with Crippen LogP contribution in [-0.2, 0) is 0 Å². The second-order valence-corrected chi connectivity index (χ2v) is 5.65. The molecule has 0 aliphatic heterocycles. The maximum atomic E-state index is 13.0. The zero-order valence-electron chi connectivity index (χ0n) is 14.2. The minimum absolute atomic E-state index is 0.357. The van der Waals surface area contributed by atoms with Crippen LogP contribution in [0.3, 0.4) is 0 Å². The van der Waals surface area contributed by atoms with Gasteiger partial charge in [0.05, 0.1) is 11.4 Å². The van der Waals surface area contributed by atoms with Crippen LogP contribution in [0.2, 0.25) is 0 Å². The Hall–Kier alpha value is -3.93. The summed E-state index contributed by atoms with van der Waals surface area (Å²) in [6, 6.07) is 25.6. The van der Waals surface area contributed by atoms with Crippen molar-refractivity contribution in [2.75, 3.05) is 4.90 Å². The lowest BCUT2D eigenvalue weighted by molar-refractivity contribution is 0.210. The van der Waals surface area contributed by atoms with Crippen molar-refractivity contribution in [3.05, 3.63) is 91.3 Å². The van der Waals surface area contributed by atoms with Gasteiger partial charge in [-0.05, 0) is 42.5 Å². The molecule has 0 atom stereocenters. The third-order valence-electron chi connectivity index (χ3n) is 3.86. The van der Waals surface area contributed by atoms with Crippen molar-refractivity contribution >= 4 is 17.5 Å². The topological polar surface area (TPSA) is 68.5 Å². The zero-order valence-corrected chi connectivity index (χ0v) is 14.2. The van der Waals surface area contributed by atoms with Gasteiger partial charge in [-0.1, -0.05) is 42.5 Å². The van der Waals surface area contributed by atoms with E-state index in [-0.39, 0.29) is 0 Å². The van der Waals surface area contributed by atoms with Crippen LogP contribution < -0.4 is 9.64 Å². The van der Waals surface area contributed by atoms with Crippen LogP contribution in [-0.4, -0.2) is 16.3 Å². The lowest BCUT2D eigenvalue weighted by Crippen LogP contribution is -2.29. The third kappa shape index (κ3) is 3.69. The molecule has 0 saturated heterocycles. The summed E-state index contributed by atoms with van der Waals surface area (Å²) in [4.78, 5) is 14.5. The molecule has 0 fully saturated rings. The van der Waals surface area contributed by atoms with Crippen molar-refractivity contribution in [2.45, 2.75) is 0 Å². The monoisotopic (exact) mass is 357 g/mol. The van der Waals surface area contributed by atoms with Crippen molar-refractivity contribution < 1.29 is 13.9 Å². The van der Waals surface area contributed by atoms with E-state index in [1.165, 1.54) is 11.3 Å². The number of amides is 1. The first-order chi connectivity index (χ1) is 13.3. The van der Waals surface area contributed by atoms with Gasteiger partial charge >= 0.3 is 6.09 Å². The number of aromatic nitrogens is 2. The number of anilines is 2. The molecule has 1 aromatic heterocycles. The molecule has 3 aromatic carbocycles. The maximum absolute atomic E-state index is 13.0. The average Bonchev–Trinajstić information content (AvgIpc) is 3.25. The molecular formula is C21H15N3O3. The normalized spacial score (nSPS) is 10.4. The Morgan fingerprint density at radius 2 is 1.52 bits per heavy atom. The van der Waals surface area contributed by atoms with Crippen molar-refractivity contribution in [2.24, 2.45) is 0 Å². The van der Waals surface area contributed by atoms with Gasteiger partial charge in [-0.15, -0.1) is 10.2 Å². The molecule has 0 N–H and O–H groups in total. The molecule has 0 aliphatic rings. The number of hydrogen-bond acceptors (Lipinski definition) is 5. The highest BCUT2D eigenvalue weighted by Gasteiger charge is 2.20. The molecule has 4 rings (SSSR count). The van der Waals surface area contributed by atoms with Crippen LogP contribution in [0, 0.1) is 0 Å². The van der Waals surface area contributed by atoms with Crippen LogP contribution in [0.5, 0.6) is 5.75 Å². The molecule has 1 amide bonds. The molecule has 0 saturated carbocycles. The van der Waals surface area contributed by atoms with Gasteiger partial charge in [0.2, 0.25) is 12.3 Å². The fourth-order valence-electron chi connectivity index (χ4n) is 2.65. The van der Waals surface area contributed by atoms with E-state index in [9.17, 15) is 4.79 Å². The summed E-state index contributed by atoms with van der Waals surface area (Å²) < 4.78 is 10.8. The second-order valence-electron chi connectivity index (χ2n) is 5.65. The summed E-state index contributed by atoms with van der Waals surface area (Å²) in [7, 11) is 0. The predicted molar refractivity (Wildman–Crippen MR) is 101 cm³/mol. The Bertz CT molecular complexity index is 980. The quantitative estimate of drug-likeness (QED) is 0.510. The van der Waals surface area contributed by atoms with Crippen LogP contribution in [0.4, 0.5) is 16.2 Å². The molecule has 1 heterocycles. The number of rotatable bonds is 4. The molecule has 0 spiro atoms. The minimum Gasteiger partial charge on any atom is -0.423 e. The Morgan fingerprint density at radius 3 is 2.11 bits per heavy atom. The van der Waals surface area contributed by atoms with Gasteiger partial charge in [0, 0.05) is 5.56 Å². The van der Waals surface area contributed by atoms with E-state index in [2.05, 4.69) is 10.2 Å². The van der Waals surface area contributed by atoms with Crippen LogP contribution in [0.15, 0.2) is 95.7 Å². The summed E-state index contributed by atoms with van der Waals surface area (Å²) in [6.07, 6.45) is 0.732. The van der Waals surface area contributed by atoms with E-state index in [0.717, 1.165) is 0 Å². The summed E-state index contributed by atoms with van der Waals surface area (Å²) in [6.45, 7) is 0. The third-order valence-corrected chi connectivity index (χ3v) is 3.86. The number of para-hydroxylation sites is 2. The number of hydrogen-bond donors (Lipinski definition) is 0. The zero-order chi connectivity index (χ0) is 18.5. The second kappa shape index (κ2) is 7.53. The van der Waals surface area contributed by atoms with E-state index < -0.39 is 6.09 Å². The van der Waals surface area contributed by atoms with E-state index in [1.807, 2.05) is 60.7 Å². The van der Waals surface area contributed by atoms with Gasteiger partial charge in [0.25, 0.3) is 0 Å². The predicted octanol–water partition coefficient (Wildman–Crippen LogP) is 5.07. The molecule has 0 unspecified atom stereocenters. The largest absolute Gasteiger partial charge is 0.424 e. The van der Waals surface area contributed by atoms with E-state index in [1.54, 1.807) is 24.3 Å². The first-order valence-corrected chi connectivity index (χ1v) is 8.30. The molecule has 132 valence electrons. The van der Waals surface area contributed by atoms with Gasteiger partial charge < -0.3 is 9.15 Å². The van der Waals surface area contributed by atoms with Gasteiger partial charge in [-0.25, -0.2) is 9.69 Å².